The Kier molecular flexibility index (Phi) is 2.28. The number of aliphatic imine (C=N–C) groups is 1. The van der Waals surface area contributed by atoms with E-state index in [1.807, 2.05) is 6.08 Å². The molecule has 0 bridgehead atoms. The molecule has 1 aliphatic heterocycles. The number of rotatable bonds is 0. The molecule has 0 spiro atoms. The van der Waals surface area contributed by atoms with Gasteiger partial charge in [0.1, 0.15) is 0 Å². The second kappa shape index (κ2) is 3.01. The summed E-state index contributed by atoms with van der Waals surface area (Å²) in [6.07, 6.45) is 2.89. The minimum absolute atomic E-state index is 0.716. The number of dihydropyridines is 1. The third kappa shape index (κ3) is 1.82. The molecule has 50 valence electrons. The fourth-order valence-corrected chi connectivity index (χ4v) is 1.02. The molecule has 0 saturated carbocycles. The molecule has 1 aliphatic rings. The van der Waals surface area contributed by atoms with Crippen molar-refractivity contribution >= 4 is 21.8 Å². The zero-order valence-electron chi connectivity index (χ0n) is 5.22. The SMILES string of the molecule is COC1=NCCC(Br)=C1. The van der Waals surface area contributed by atoms with Crippen molar-refractivity contribution in [1.82, 2.24) is 0 Å². The van der Waals surface area contributed by atoms with E-state index >= 15 is 0 Å². The van der Waals surface area contributed by atoms with Crippen LogP contribution < -0.4 is 0 Å². The molecule has 1 heterocycles. The summed E-state index contributed by atoms with van der Waals surface area (Å²) in [7, 11) is 1.63. The Bertz CT molecular complexity index is 162. The molecule has 0 aromatic heterocycles. The van der Waals surface area contributed by atoms with Crippen LogP contribution in [-0.4, -0.2) is 19.6 Å². The minimum atomic E-state index is 0.716. The standard InChI is InChI=1S/C6H8BrNO/c1-9-6-4-5(7)2-3-8-6/h4H,2-3H2,1H3. The van der Waals surface area contributed by atoms with Crippen LogP contribution in [0.15, 0.2) is 15.6 Å². The van der Waals surface area contributed by atoms with E-state index in [0.717, 1.165) is 17.4 Å². The van der Waals surface area contributed by atoms with Gasteiger partial charge < -0.3 is 4.74 Å². The number of hydrogen-bond acceptors (Lipinski definition) is 2. The maximum absolute atomic E-state index is 4.91. The van der Waals surface area contributed by atoms with E-state index < -0.39 is 0 Å². The molecule has 0 fully saturated rings. The molecule has 0 amide bonds. The average molecular weight is 190 g/mol. The number of hydrogen-bond donors (Lipinski definition) is 0. The summed E-state index contributed by atoms with van der Waals surface area (Å²) >= 11 is 3.37. The van der Waals surface area contributed by atoms with E-state index in [-0.39, 0.29) is 0 Å². The fraction of sp³-hybridized carbons (Fsp3) is 0.500. The summed E-state index contributed by atoms with van der Waals surface area (Å²) in [4.78, 5) is 4.09. The molecule has 0 unspecified atom stereocenters. The van der Waals surface area contributed by atoms with Crippen molar-refractivity contribution in [3.63, 3.8) is 0 Å². The van der Waals surface area contributed by atoms with Crippen molar-refractivity contribution in [3.8, 4) is 0 Å². The highest BCUT2D eigenvalue weighted by Gasteiger charge is 2.01. The first-order valence-corrected chi connectivity index (χ1v) is 3.57. The second-order valence-corrected chi connectivity index (χ2v) is 2.78. The van der Waals surface area contributed by atoms with Gasteiger partial charge in [-0.15, -0.1) is 0 Å². The van der Waals surface area contributed by atoms with Crippen molar-refractivity contribution in [2.45, 2.75) is 6.42 Å². The molecule has 0 aromatic carbocycles. The van der Waals surface area contributed by atoms with Crippen molar-refractivity contribution < 1.29 is 4.74 Å². The van der Waals surface area contributed by atoms with Gasteiger partial charge in [0.05, 0.1) is 7.11 Å². The lowest BCUT2D eigenvalue weighted by Crippen LogP contribution is -2.03. The summed E-state index contributed by atoms with van der Waals surface area (Å²) < 4.78 is 6.07. The molecular formula is C6H8BrNO. The van der Waals surface area contributed by atoms with Crippen LogP contribution in [0.1, 0.15) is 6.42 Å². The van der Waals surface area contributed by atoms with Crippen LogP contribution in [0.25, 0.3) is 0 Å². The summed E-state index contributed by atoms with van der Waals surface area (Å²) in [6.45, 7) is 0.834. The zero-order chi connectivity index (χ0) is 6.69. The summed E-state index contributed by atoms with van der Waals surface area (Å²) in [6, 6.07) is 0. The Labute approximate surface area is 62.7 Å². The van der Waals surface area contributed by atoms with Gasteiger partial charge in [0, 0.05) is 17.1 Å². The lowest BCUT2D eigenvalue weighted by Gasteiger charge is -2.05. The molecule has 1 rings (SSSR count). The first-order chi connectivity index (χ1) is 4.33. The Hall–Kier alpha value is -0.310. The van der Waals surface area contributed by atoms with Crippen molar-refractivity contribution in [2.24, 2.45) is 4.99 Å². The quantitative estimate of drug-likeness (QED) is 0.569. The predicted molar refractivity (Wildman–Crippen MR) is 40.9 cm³/mol. The minimum Gasteiger partial charge on any atom is -0.481 e. The van der Waals surface area contributed by atoms with Gasteiger partial charge in [0.25, 0.3) is 0 Å². The molecule has 0 aliphatic carbocycles. The maximum atomic E-state index is 4.91. The lowest BCUT2D eigenvalue weighted by atomic mass is 10.3. The van der Waals surface area contributed by atoms with Crippen molar-refractivity contribution in [3.05, 3.63) is 10.6 Å². The predicted octanol–water partition coefficient (Wildman–Crippen LogP) is 1.71. The van der Waals surface area contributed by atoms with Crippen LogP contribution in [0, 0.1) is 0 Å². The molecule has 0 aromatic rings. The van der Waals surface area contributed by atoms with Gasteiger partial charge in [-0.25, -0.2) is 0 Å². The van der Waals surface area contributed by atoms with Crippen LogP contribution in [0.3, 0.4) is 0 Å². The first-order valence-electron chi connectivity index (χ1n) is 2.77. The van der Waals surface area contributed by atoms with Gasteiger partial charge >= 0.3 is 0 Å². The summed E-state index contributed by atoms with van der Waals surface area (Å²) in [5.41, 5.74) is 0. The van der Waals surface area contributed by atoms with Gasteiger partial charge in [-0.1, -0.05) is 15.9 Å². The van der Waals surface area contributed by atoms with Crippen molar-refractivity contribution in [1.29, 1.82) is 0 Å². The van der Waals surface area contributed by atoms with Crippen LogP contribution in [0.4, 0.5) is 0 Å². The number of ether oxygens (including phenoxy) is 1. The largest absolute Gasteiger partial charge is 0.481 e. The summed E-state index contributed by atoms with van der Waals surface area (Å²) in [5.74, 6) is 0.716. The maximum Gasteiger partial charge on any atom is 0.209 e. The van der Waals surface area contributed by atoms with Gasteiger partial charge in [-0.2, -0.15) is 0 Å². The Morgan fingerprint density at radius 2 is 2.56 bits per heavy atom. The van der Waals surface area contributed by atoms with E-state index in [2.05, 4.69) is 20.9 Å². The Morgan fingerprint density at radius 1 is 1.78 bits per heavy atom. The van der Waals surface area contributed by atoms with Gasteiger partial charge in [-0.3, -0.25) is 4.99 Å². The fourth-order valence-electron chi connectivity index (χ4n) is 0.648. The molecule has 0 saturated heterocycles. The van der Waals surface area contributed by atoms with Crippen molar-refractivity contribution in [2.75, 3.05) is 13.7 Å². The average Bonchev–Trinajstić information content (AvgIpc) is 1.88. The van der Waals surface area contributed by atoms with E-state index in [1.165, 1.54) is 0 Å². The smallest absolute Gasteiger partial charge is 0.209 e. The first kappa shape index (κ1) is 6.81. The van der Waals surface area contributed by atoms with E-state index in [4.69, 9.17) is 4.74 Å². The number of methoxy groups -OCH3 is 1. The normalized spacial score (nSPS) is 18.4. The number of halogens is 1. The molecule has 2 nitrogen and oxygen atoms in total. The third-order valence-corrected chi connectivity index (χ3v) is 1.73. The van der Waals surface area contributed by atoms with E-state index in [1.54, 1.807) is 7.11 Å². The Morgan fingerprint density at radius 3 is 3.00 bits per heavy atom. The second-order valence-electron chi connectivity index (χ2n) is 1.77. The van der Waals surface area contributed by atoms with Crippen LogP contribution in [0.2, 0.25) is 0 Å². The molecule has 0 N–H and O–H groups in total. The van der Waals surface area contributed by atoms with E-state index in [0.29, 0.717) is 5.90 Å². The highest BCUT2D eigenvalue weighted by atomic mass is 79.9. The topological polar surface area (TPSA) is 21.6 Å². The Balaban J connectivity index is 2.63. The van der Waals surface area contributed by atoms with Gasteiger partial charge in [0.2, 0.25) is 5.90 Å². The van der Waals surface area contributed by atoms with Gasteiger partial charge in [-0.05, 0) is 6.42 Å². The lowest BCUT2D eigenvalue weighted by molar-refractivity contribution is 0.403. The van der Waals surface area contributed by atoms with Crippen LogP contribution in [-0.2, 0) is 4.74 Å². The highest BCUT2D eigenvalue weighted by Crippen LogP contribution is 2.14. The monoisotopic (exact) mass is 189 g/mol. The van der Waals surface area contributed by atoms with Crippen LogP contribution >= 0.6 is 15.9 Å². The molecule has 9 heavy (non-hydrogen) atoms. The highest BCUT2D eigenvalue weighted by molar-refractivity contribution is 9.11. The zero-order valence-corrected chi connectivity index (χ0v) is 6.81. The molecular weight excluding hydrogens is 182 g/mol. The summed E-state index contributed by atoms with van der Waals surface area (Å²) in [5, 5.41) is 0. The molecule has 0 radical (unpaired) electrons. The van der Waals surface area contributed by atoms with E-state index in [9.17, 15) is 0 Å². The van der Waals surface area contributed by atoms with Crippen LogP contribution in [0.5, 0.6) is 0 Å². The molecule has 0 atom stereocenters. The third-order valence-electron chi connectivity index (χ3n) is 1.11. The molecule has 3 heteroatoms. The van der Waals surface area contributed by atoms with Gasteiger partial charge in [0.15, 0.2) is 0 Å². The number of nitrogens with zero attached hydrogens (tertiary/aromatic N) is 1.